The van der Waals surface area contributed by atoms with Gasteiger partial charge in [-0.05, 0) is 13.3 Å². The van der Waals surface area contributed by atoms with Crippen molar-refractivity contribution in [2.24, 2.45) is 5.73 Å². The molecule has 1 amide bonds. The standard InChI is InChI=1S/C12H23N3O2S/c1-10-8-15(5-3-7-17-10)9-12(16)14(2)6-4-11(13)18/h10H,3-9H2,1-2H3,(H2,13,18). The monoisotopic (exact) mass is 273 g/mol. The maximum Gasteiger partial charge on any atom is 0.236 e. The molecule has 1 heterocycles. The fourth-order valence-electron chi connectivity index (χ4n) is 1.94. The second kappa shape index (κ2) is 7.66. The van der Waals surface area contributed by atoms with E-state index in [0.717, 1.165) is 26.1 Å². The number of amides is 1. The Balaban J connectivity index is 2.35. The first kappa shape index (κ1) is 15.3. The maximum atomic E-state index is 12.0. The van der Waals surface area contributed by atoms with Crippen LogP contribution in [-0.4, -0.2) is 66.6 Å². The average Bonchev–Trinajstić information content (AvgIpc) is 2.50. The predicted octanol–water partition coefficient (Wildman–Crippen LogP) is 0.232. The Kier molecular flexibility index (Phi) is 6.52. The average molecular weight is 273 g/mol. The normalized spacial score (nSPS) is 21.3. The Bertz CT molecular complexity index is 299. The Labute approximate surface area is 114 Å². The molecule has 18 heavy (non-hydrogen) atoms. The van der Waals surface area contributed by atoms with E-state index < -0.39 is 0 Å². The number of nitrogens with zero attached hydrogens (tertiary/aromatic N) is 2. The SMILES string of the molecule is CC1CN(CC(=O)N(C)CCC(N)=S)CCCO1. The third-order valence-electron chi connectivity index (χ3n) is 3.01. The molecule has 1 atom stereocenters. The smallest absolute Gasteiger partial charge is 0.236 e. The molecule has 0 radical (unpaired) electrons. The molecule has 2 N–H and O–H groups in total. The van der Waals surface area contributed by atoms with Crippen LogP contribution in [0.25, 0.3) is 0 Å². The first-order valence-electron chi connectivity index (χ1n) is 6.35. The van der Waals surface area contributed by atoms with Gasteiger partial charge in [-0.2, -0.15) is 0 Å². The molecule has 0 aromatic heterocycles. The van der Waals surface area contributed by atoms with Gasteiger partial charge in [-0.1, -0.05) is 12.2 Å². The Hall–Kier alpha value is -0.720. The molecule has 0 aliphatic carbocycles. The first-order chi connectivity index (χ1) is 8.49. The van der Waals surface area contributed by atoms with Crippen molar-refractivity contribution in [3.8, 4) is 0 Å². The summed E-state index contributed by atoms with van der Waals surface area (Å²) in [5.41, 5.74) is 5.43. The Morgan fingerprint density at radius 1 is 1.61 bits per heavy atom. The second-order valence-corrected chi connectivity index (χ2v) is 5.33. The topological polar surface area (TPSA) is 58.8 Å². The summed E-state index contributed by atoms with van der Waals surface area (Å²) in [6, 6.07) is 0. The first-order valence-corrected chi connectivity index (χ1v) is 6.76. The Morgan fingerprint density at radius 3 is 3.00 bits per heavy atom. The zero-order valence-electron chi connectivity index (χ0n) is 11.2. The van der Waals surface area contributed by atoms with Crippen molar-refractivity contribution in [3.05, 3.63) is 0 Å². The molecule has 1 saturated heterocycles. The van der Waals surface area contributed by atoms with Crippen LogP contribution in [0.2, 0.25) is 0 Å². The van der Waals surface area contributed by atoms with E-state index in [1.807, 2.05) is 6.92 Å². The lowest BCUT2D eigenvalue weighted by atomic mass is 10.3. The van der Waals surface area contributed by atoms with Gasteiger partial charge in [0.1, 0.15) is 0 Å². The number of ether oxygens (including phenoxy) is 1. The summed E-state index contributed by atoms with van der Waals surface area (Å²) < 4.78 is 5.55. The summed E-state index contributed by atoms with van der Waals surface area (Å²) in [6.45, 7) is 5.59. The minimum Gasteiger partial charge on any atom is -0.393 e. The summed E-state index contributed by atoms with van der Waals surface area (Å²) in [5.74, 6) is 0.111. The van der Waals surface area contributed by atoms with Crippen molar-refractivity contribution in [3.63, 3.8) is 0 Å². The number of carbonyl (C=O) groups is 1. The largest absolute Gasteiger partial charge is 0.393 e. The number of thiocarbonyl (C=S) groups is 1. The van der Waals surface area contributed by atoms with E-state index in [1.54, 1.807) is 11.9 Å². The highest BCUT2D eigenvalue weighted by atomic mass is 32.1. The van der Waals surface area contributed by atoms with Crippen LogP contribution >= 0.6 is 12.2 Å². The lowest BCUT2D eigenvalue weighted by Gasteiger charge is -2.24. The van der Waals surface area contributed by atoms with Crippen LogP contribution in [0.15, 0.2) is 0 Å². The molecule has 6 heteroatoms. The highest BCUT2D eigenvalue weighted by molar-refractivity contribution is 7.80. The summed E-state index contributed by atoms with van der Waals surface area (Å²) in [5, 5.41) is 0. The van der Waals surface area contributed by atoms with Gasteiger partial charge in [-0.3, -0.25) is 9.69 Å². The zero-order chi connectivity index (χ0) is 13.5. The van der Waals surface area contributed by atoms with Gasteiger partial charge in [0.25, 0.3) is 0 Å². The molecule has 1 rings (SSSR count). The van der Waals surface area contributed by atoms with Crippen LogP contribution in [0.3, 0.4) is 0 Å². The third kappa shape index (κ3) is 5.75. The minimum absolute atomic E-state index is 0.111. The highest BCUT2D eigenvalue weighted by Gasteiger charge is 2.19. The van der Waals surface area contributed by atoms with Crippen LogP contribution in [0.5, 0.6) is 0 Å². The lowest BCUT2D eigenvalue weighted by Crippen LogP contribution is -2.41. The van der Waals surface area contributed by atoms with Gasteiger partial charge in [0.15, 0.2) is 0 Å². The molecule has 1 aliphatic rings. The number of carbonyl (C=O) groups excluding carboxylic acids is 1. The van der Waals surface area contributed by atoms with Crippen LogP contribution in [0.1, 0.15) is 19.8 Å². The fourth-order valence-corrected chi connectivity index (χ4v) is 2.03. The van der Waals surface area contributed by atoms with Crippen LogP contribution in [0, 0.1) is 0 Å². The maximum absolute atomic E-state index is 12.0. The molecule has 0 aromatic carbocycles. The highest BCUT2D eigenvalue weighted by Crippen LogP contribution is 2.05. The van der Waals surface area contributed by atoms with E-state index in [0.29, 0.717) is 24.5 Å². The van der Waals surface area contributed by atoms with Crippen LogP contribution in [0.4, 0.5) is 0 Å². The Morgan fingerprint density at radius 2 is 2.33 bits per heavy atom. The van der Waals surface area contributed by atoms with Gasteiger partial charge in [-0.15, -0.1) is 0 Å². The van der Waals surface area contributed by atoms with E-state index in [4.69, 9.17) is 22.7 Å². The molecule has 0 aromatic rings. The van der Waals surface area contributed by atoms with E-state index in [1.165, 1.54) is 0 Å². The summed E-state index contributed by atoms with van der Waals surface area (Å²) in [4.78, 5) is 16.3. The van der Waals surface area contributed by atoms with Crippen molar-refractivity contribution in [1.29, 1.82) is 0 Å². The van der Waals surface area contributed by atoms with Crippen molar-refractivity contribution in [1.82, 2.24) is 9.80 Å². The van der Waals surface area contributed by atoms with Gasteiger partial charge in [0.2, 0.25) is 5.91 Å². The molecule has 0 spiro atoms. The predicted molar refractivity (Wildman–Crippen MR) is 75.5 cm³/mol. The third-order valence-corrected chi connectivity index (χ3v) is 3.22. The molecule has 5 nitrogen and oxygen atoms in total. The van der Waals surface area contributed by atoms with E-state index in [-0.39, 0.29) is 12.0 Å². The summed E-state index contributed by atoms with van der Waals surface area (Å²) in [6.07, 6.45) is 1.76. The molecule has 1 fully saturated rings. The van der Waals surface area contributed by atoms with Crippen LogP contribution < -0.4 is 5.73 Å². The number of nitrogens with two attached hydrogens (primary N) is 1. The zero-order valence-corrected chi connectivity index (χ0v) is 12.0. The van der Waals surface area contributed by atoms with Gasteiger partial charge >= 0.3 is 0 Å². The van der Waals surface area contributed by atoms with Crippen LogP contribution in [-0.2, 0) is 9.53 Å². The van der Waals surface area contributed by atoms with Crippen molar-refractivity contribution < 1.29 is 9.53 Å². The van der Waals surface area contributed by atoms with Gasteiger partial charge < -0.3 is 15.4 Å². The number of hydrogen-bond acceptors (Lipinski definition) is 4. The number of likely N-dealkylation sites (N-methyl/N-ethyl adjacent to an activating group) is 1. The summed E-state index contributed by atoms with van der Waals surface area (Å²) >= 11 is 4.81. The molecule has 1 unspecified atom stereocenters. The summed E-state index contributed by atoms with van der Waals surface area (Å²) in [7, 11) is 1.79. The molecule has 0 bridgehead atoms. The van der Waals surface area contributed by atoms with Gasteiger partial charge in [-0.25, -0.2) is 0 Å². The van der Waals surface area contributed by atoms with Crippen molar-refractivity contribution in [2.75, 3.05) is 39.8 Å². The lowest BCUT2D eigenvalue weighted by molar-refractivity contribution is -0.131. The molecular weight excluding hydrogens is 250 g/mol. The number of hydrogen-bond donors (Lipinski definition) is 1. The quantitative estimate of drug-likeness (QED) is 0.727. The van der Waals surface area contributed by atoms with Gasteiger partial charge in [0.05, 0.1) is 17.6 Å². The van der Waals surface area contributed by atoms with Crippen molar-refractivity contribution >= 4 is 23.1 Å². The van der Waals surface area contributed by atoms with E-state index in [9.17, 15) is 4.79 Å². The molecular formula is C12H23N3O2S. The van der Waals surface area contributed by atoms with Crippen molar-refractivity contribution in [2.45, 2.75) is 25.9 Å². The van der Waals surface area contributed by atoms with E-state index in [2.05, 4.69) is 4.90 Å². The molecule has 104 valence electrons. The fraction of sp³-hybridized carbons (Fsp3) is 0.833. The molecule has 0 saturated carbocycles. The number of rotatable bonds is 5. The van der Waals surface area contributed by atoms with Gasteiger partial charge in [0, 0.05) is 39.7 Å². The second-order valence-electron chi connectivity index (χ2n) is 4.80. The van der Waals surface area contributed by atoms with E-state index >= 15 is 0 Å². The minimum atomic E-state index is 0.111. The molecule has 1 aliphatic heterocycles.